The Morgan fingerprint density at radius 1 is 1.44 bits per heavy atom. The number of carbonyl (C=O) groups excluding carboxylic acids is 1. The maximum absolute atomic E-state index is 12.4. The van der Waals surface area contributed by atoms with Crippen LogP contribution >= 0.6 is 0 Å². The lowest BCUT2D eigenvalue weighted by Gasteiger charge is -2.08. The van der Waals surface area contributed by atoms with E-state index in [4.69, 9.17) is 4.74 Å². The Labute approximate surface area is 104 Å². The lowest BCUT2D eigenvalue weighted by atomic mass is 10.2. The van der Waals surface area contributed by atoms with Crippen LogP contribution in [-0.2, 0) is 9.53 Å². The number of rotatable bonds is 7. The zero-order chi connectivity index (χ0) is 13.4. The summed E-state index contributed by atoms with van der Waals surface area (Å²) in [5.74, 6) is -0.280. The van der Waals surface area contributed by atoms with Gasteiger partial charge in [0.1, 0.15) is 0 Å². The van der Waals surface area contributed by atoms with E-state index < -0.39 is 6.43 Å². The Morgan fingerprint density at radius 2 is 2.22 bits per heavy atom. The lowest BCUT2D eigenvalue weighted by molar-refractivity contribution is -0.115. The fraction of sp³-hybridized carbons (Fsp3) is 0.417. The normalized spacial score (nSPS) is 10.7. The monoisotopic (exact) mass is 258 g/mol. The second-order valence-corrected chi connectivity index (χ2v) is 3.64. The second kappa shape index (κ2) is 7.73. The highest BCUT2D eigenvalue weighted by Crippen LogP contribution is 2.21. The zero-order valence-electron chi connectivity index (χ0n) is 10.1. The second-order valence-electron chi connectivity index (χ2n) is 3.64. The molecule has 0 bridgehead atoms. The van der Waals surface area contributed by atoms with E-state index in [0.29, 0.717) is 18.8 Å². The molecule has 0 saturated heterocycles. The minimum Gasteiger partial charge on any atom is -0.383 e. The smallest absolute Gasteiger partial charge is 0.263 e. The molecule has 1 aromatic rings. The van der Waals surface area contributed by atoms with Crippen molar-refractivity contribution in [2.75, 3.05) is 32.1 Å². The summed E-state index contributed by atoms with van der Waals surface area (Å²) < 4.78 is 29.7. The highest BCUT2D eigenvalue weighted by atomic mass is 19.3. The summed E-state index contributed by atoms with van der Waals surface area (Å²) in [7, 11) is 1.57. The molecule has 0 spiro atoms. The van der Waals surface area contributed by atoms with Crippen LogP contribution in [0.4, 0.5) is 14.5 Å². The van der Waals surface area contributed by atoms with Gasteiger partial charge in [0.25, 0.3) is 6.43 Å². The molecule has 0 aliphatic carbocycles. The molecular formula is C12H16F2N2O2. The first-order chi connectivity index (χ1) is 8.63. The first-order valence-electron chi connectivity index (χ1n) is 5.51. The average molecular weight is 258 g/mol. The first kappa shape index (κ1) is 14.5. The van der Waals surface area contributed by atoms with Crippen molar-refractivity contribution in [3.8, 4) is 0 Å². The van der Waals surface area contributed by atoms with Gasteiger partial charge in [0.15, 0.2) is 0 Å². The van der Waals surface area contributed by atoms with Gasteiger partial charge in [-0.2, -0.15) is 0 Å². The van der Waals surface area contributed by atoms with Gasteiger partial charge in [-0.1, -0.05) is 12.1 Å². The summed E-state index contributed by atoms with van der Waals surface area (Å²) in [6.45, 7) is 1.18. The van der Waals surface area contributed by atoms with Crippen molar-refractivity contribution in [2.24, 2.45) is 0 Å². The van der Waals surface area contributed by atoms with Gasteiger partial charge in [-0.3, -0.25) is 4.79 Å². The van der Waals surface area contributed by atoms with Gasteiger partial charge >= 0.3 is 0 Å². The van der Waals surface area contributed by atoms with E-state index >= 15 is 0 Å². The van der Waals surface area contributed by atoms with Crippen molar-refractivity contribution in [1.82, 2.24) is 5.32 Å². The van der Waals surface area contributed by atoms with Crippen LogP contribution in [0.2, 0.25) is 0 Å². The lowest BCUT2D eigenvalue weighted by Crippen LogP contribution is -2.30. The number of methoxy groups -OCH3 is 1. The summed E-state index contributed by atoms with van der Waals surface area (Å²) in [6.07, 6.45) is -2.54. The summed E-state index contributed by atoms with van der Waals surface area (Å²) in [4.78, 5) is 11.5. The molecule has 0 aromatic heterocycles. The molecule has 0 atom stereocenters. The molecule has 2 N–H and O–H groups in total. The fourth-order valence-corrected chi connectivity index (χ4v) is 1.33. The van der Waals surface area contributed by atoms with Crippen LogP contribution in [0.5, 0.6) is 0 Å². The molecule has 1 aromatic carbocycles. The molecule has 0 aliphatic heterocycles. The molecule has 0 saturated carbocycles. The minimum atomic E-state index is -2.54. The van der Waals surface area contributed by atoms with Crippen LogP contribution < -0.4 is 10.6 Å². The minimum absolute atomic E-state index is 0.111. The zero-order valence-corrected chi connectivity index (χ0v) is 10.1. The predicted octanol–water partition coefficient (Wildman–Crippen LogP) is 1.80. The number of carbonyl (C=O) groups is 1. The molecule has 0 radical (unpaired) electrons. The van der Waals surface area contributed by atoms with Crippen LogP contribution in [0.15, 0.2) is 24.3 Å². The van der Waals surface area contributed by atoms with E-state index in [2.05, 4.69) is 10.6 Å². The number of benzene rings is 1. The van der Waals surface area contributed by atoms with Crippen LogP contribution in [0.25, 0.3) is 0 Å². The number of amides is 1. The maximum atomic E-state index is 12.4. The number of hydrogen-bond donors (Lipinski definition) is 2. The van der Waals surface area contributed by atoms with Crippen molar-refractivity contribution in [3.63, 3.8) is 0 Å². The first-order valence-corrected chi connectivity index (χ1v) is 5.51. The number of nitrogens with one attached hydrogen (secondary N) is 2. The maximum Gasteiger partial charge on any atom is 0.263 e. The van der Waals surface area contributed by atoms with Gasteiger partial charge < -0.3 is 15.4 Å². The number of hydrogen-bond acceptors (Lipinski definition) is 3. The molecule has 1 rings (SSSR count). The van der Waals surface area contributed by atoms with E-state index in [0.717, 1.165) is 0 Å². The van der Waals surface area contributed by atoms with E-state index in [1.165, 1.54) is 18.2 Å². The van der Waals surface area contributed by atoms with Crippen LogP contribution in [0, 0.1) is 0 Å². The van der Waals surface area contributed by atoms with Crippen molar-refractivity contribution in [1.29, 1.82) is 0 Å². The summed E-state index contributed by atoms with van der Waals surface area (Å²) in [6, 6.07) is 5.63. The Hall–Kier alpha value is -1.53. The van der Waals surface area contributed by atoms with Gasteiger partial charge in [0, 0.05) is 24.9 Å². The SMILES string of the molecule is COCCNCC(=O)Nc1cccc(C(F)F)c1. The Balaban J connectivity index is 2.41. The third kappa shape index (κ3) is 5.20. The highest BCUT2D eigenvalue weighted by Gasteiger charge is 2.08. The van der Waals surface area contributed by atoms with Gasteiger partial charge in [-0.25, -0.2) is 8.78 Å². The van der Waals surface area contributed by atoms with E-state index in [-0.39, 0.29) is 18.0 Å². The largest absolute Gasteiger partial charge is 0.383 e. The number of ether oxygens (including phenoxy) is 1. The molecule has 0 fully saturated rings. The summed E-state index contributed by atoms with van der Waals surface area (Å²) >= 11 is 0. The van der Waals surface area contributed by atoms with Gasteiger partial charge in [-0.05, 0) is 12.1 Å². The Kier molecular flexibility index (Phi) is 6.24. The van der Waals surface area contributed by atoms with E-state index in [9.17, 15) is 13.6 Å². The molecule has 0 heterocycles. The Morgan fingerprint density at radius 3 is 2.89 bits per heavy atom. The molecule has 4 nitrogen and oxygen atoms in total. The topological polar surface area (TPSA) is 50.4 Å². The molecule has 0 unspecified atom stereocenters. The summed E-state index contributed by atoms with van der Waals surface area (Å²) in [5.41, 5.74) is 0.256. The predicted molar refractivity (Wildman–Crippen MR) is 64.8 cm³/mol. The third-order valence-electron chi connectivity index (χ3n) is 2.19. The van der Waals surface area contributed by atoms with Crippen LogP contribution in [-0.4, -0.2) is 32.7 Å². The van der Waals surface area contributed by atoms with E-state index in [1.807, 2.05) is 0 Å². The molecule has 18 heavy (non-hydrogen) atoms. The van der Waals surface area contributed by atoms with E-state index in [1.54, 1.807) is 13.2 Å². The third-order valence-corrected chi connectivity index (χ3v) is 2.19. The molecule has 1 amide bonds. The highest BCUT2D eigenvalue weighted by molar-refractivity contribution is 5.92. The van der Waals surface area contributed by atoms with Gasteiger partial charge in [0.05, 0.1) is 13.2 Å². The van der Waals surface area contributed by atoms with Crippen molar-refractivity contribution in [2.45, 2.75) is 6.43 Å². The fourth-order valence-electron chi connectivity index (χ4n) is 1.33. The Bertz CT molecular complexity index is 386. The molecular weight excluding hydrogens is 242 g/mol. The van der Waals surface area contributed by atoms with Gasteiger partial charge in [0.2, 0.25) is 5.91 Å². The average Bonchev–Trinajstić information content (AvgIpc) is 2.35. The number of anilines is 1. The van der Waals surface area contributed by atoms with Gasteiger partial charge in [-0.15, -0.1) is 0 Å². The van der Waals surface area contributed by atoms with Crippen LogP contribution in [0.3, 0.4) is 0 Å². The van der Waals surface area contributed by atoms with Crippen molar-refractivity contribution in [3.05, 3.63) is 29.8 Å². The molecule has 0 aliphatic rings. The molecule has 100 valence electrons. The standard InChI is InChI=1S/C12H16F2N2O2/c1-18-6-5-15-8-11(17)16-10-4-2-3-9(7-10)12(13)14/h2-4,7,12,15H,5-6,8H2,1H3,(H,16,17). The summed E-state index contributed by atoms with van der Waals surface area (Å²) in [5, 5.41) is 5.40. The quantitative estimate of drug-likeness (QED) is 0.733. The number of alkyl halides is 2. The van der Waals surface area contributed by atoms with Crippen LogP contribution in [0.1, 0.15) is 12.0 Å². The number of halogens is 2. The van der Waals surface area contributed by atoms with Crippen molar-refractivity contribution < 1.29 is 18.3 Å². The van der Waals surface area contributed by atoms with Crippen molar-refractivity contribution >= 4 is 11.6 Å². The molecule has 6 heteroatoms.